The number of hydrogen-bond donors (Lipinski definition) is 0. The molecule has 0 radical (unpaired) electrons. The number of hydrogen-bond acceptors (Lipinski definition) is 2. The van der Waals surface area contributed by atoms with E-state index < -0.39 is 0 Å². The summed E-state index contributed by atoms with van der Waals surface area (Å²) >= 11 is 4.16. The third-order valence-electron chi connectivity index (χ3n) is 1.91. The molecule has 0 saturated carbocycles. The molecule has 62 valence electrons. The summed E-state index contributed by atoms with van der Waals surface area (Å²) in [6.07, 6.45) is 0. The minimum absolute atomic E-state index is 1.14. The zero-order chi connectivity index (χ0) is 8.72. The Bertz CT molecular complexity index is 433. The summed E-state index contributed by atoms with van der Waals surface area (Å²) in [6.45, 7) is 4.13. The summed E-state index contributed by atoms with van der Waals surface area (Å²) in [5, 5.41) is 3.43. The Kier molecular flexibility index (Phi) is 2.08. The summed E-state index contributed by atoms with van der Waals surface area (Å²) in [7, 11) is 0. The average molecular weight is 289 g/mol. The quantitative estimate of drug-likeness (QED) is 0.676. The lowest BCUT2D eigenvalue weighted by molar-refractivity contribution is 1.14. The van der Waals surface area contributed by atoms with E-state index in [1.54, 1.807) is 11.3 Å². The molecule has 0 atom stereocenters. The van der Waals surface area contributed by atoms with Crippen LogP contribution in [0.25, 0.3) is 10.1 Å². The maximum atomic E-state index is 4.47. The fourth-order valence-corrected chi connectivity index (χ4v) is 3.02. The van der Waals surface area contributed by atoms with E-state index in [0.717, 1.165) is 11.4 Å². The minimum Gasteiger partial charge on any atom is -0.257 e. The second kappa shape index (κ2) is 2.96. The van der Waals surface area contributed by atoms with Gasteiger partial charge in [-0.2, -0.15) is 0 Å². The number of halogens is 1. The molecular formula is C9H8INS. The molecule has 0 unspecified atom stereocenters. The van der Waals surface area contributed by atoms with Crippen molar-refractivity contribution in [3.63, 3.8) is 0 Å². The molecule has 0 amide bonds. The van der Waals surface area contributed by atoms with E-state index in [0.29, 0.717) is 0 Å². The van der Waals surface area contributed by atoms with Crippen molar-refractivity contribution in [3.05, 3.63) is 26.4 Å². The van der Waals surface area contributed by atoms with E-state index in [2.05, 4.69) is 52.9 Å². The normalized spacial score (nSPS) is 10.9. The molecule has 2 heterocycles. The first-order chi connectivity index (χ1) is 5.70. The van der Waals surface area contributed by atoms with Gasteiger partial charge < -0.3 is 0 Å². The van der Waals surface area contributed by atoms with Gasteiger partial charge in [0.05, 0.1) is 14.0 Å². The number of fused-ring (bicyclic) bond motifs is 1. The maximum Gasteiger partial charge on any atom is 0.0523 e. The Labute approximate surface area is 89.0 Å². The van der Waals surface area contributed by atoms with Gasteiger partial charge in [0.15, 0.2) is 0 Å². The lowest BCUT2D eigenvalue weighted by atomic mass is 10.2. The van der Waals surface area contributed by atoms with Crippen LogP contribution < -0.4 is 0 Å². The predicted octanol–water partition coefficient (Wildman–Crippen LogP) is 3.52. The molecule has 3 heteroatoms. The van der Waals surface area contributed by atoms with Gasteiger partial charge >= 0.3 is 0 Å². The first-order valence-corrected chi connectivity index (χ1v) is 5.66. The zero-order valence-electron chi connectivity index (χ0n) is 6.89. The van der Waals surface area contributed by atoms with Crippen molar-refractivity contribution in [2.75, 3.05) is 0 Å². The van der Waals surface area contributed by atoms with Crippen molar-refractivity contribution < 1.29 is 0 Å². The van der Waals surface area contributed by atoms with Crippen molar-refractivity contribution in [1.82, 2.24) is 4.98 Å². The second-order valence-corrected chi connectivity index (χ2v) is 4.75. The van der Waals surface area contributed by atoms with Gasteiger partial charge in [0.25, 0.3) is 0 Å². The standard InChI is InChI=1S/C9H8INS/c1-5-7-3-4-12-9(7)8(10)6(2)11-5/h3-4H,1-2H3. The van der Waals surface area contributed by atoms with Crippen LogP contribution in [0, 0.1) is 17.4 Å². The highest BCUT2D eigenvalue weighted by Crippen LogP contribution is 2.29. The van der Waals surface area contributed by atoms with Crippen LogP contribution in [0.4, 0.5) is 0 Å². The number of pyridine rings is 1. The molecule has 2 aromatic heterocycles. The van der Waals surface area contributed by atoms with Crippen molar-refractivity contribution in [2.45, 2.75) is 13.8 Å². The van der Waals surface area contributed by atoms with Gasteiger partial charge in [-0.15, -0.1) is 11.3 Å². The summed E-state index contributed by atoms with van der Waals surface area (Å²) in [5.41, 5.74) is 2.28. The molecular weight excluding hydrogens is 281 g/mol. The highest BCUT2D eigenvalue weighted by Gasteiger charge is 2.06. The number of nitrogens with zero attached hydrogens (tertiary/aromatic N) is 1. The molecule has 12 heavy (non-hydrogen) atoms. The Morgan fingerprint density at radius 3 is 2.83 bits per heavy atom. The molecule has 0 bridgehead atoms. The molecule has 0 fully saturated rings. The van der Waals surface area contributed by atoms with E-state index in [-0.39, 0.29) is 0 Å². The van der Waals surface area contributed by atoms with Crippen LogP contribution in [0.3, 0.4) is 0 Å². The van der Waals surface area contributed by atoms with Crippen LogP contribution in [-0.4, -0.2) is 4.98 Å². The summed E-state index contributed by atoms with van der Waals surface area (Å²) in [4.78, 5) is 4.47. The third-order valence-corrected chi connectivity index (χ3v) is 4.53. The Hall–Kier alpha value is -0.160. The van der Waals surface area contributed by atoms with Gasteiger partial charge in [-0.1, -0.05) is 0 Å². The van der Waals surface area contributed by atoms with Gasteiger partial charge in [0.2, 0.25) is 0 Å². The fraction of sp³-hybridized carbons (Fsp3) is 0.222. The van der Waals surface area contributed by atoms with Gasteiger partial charge in [0, 0.05) is 11.1 Å². The summed E-state index contributed by atoms with van der Waals surface area (Å²) in [5.74, 6) is 0. The van der Waals surface area contributed by atoms with Crippen LogP contribution in [-0.2, 0) is 0 Å². The minimum atomic E-state index is 1.14. The second-order valence-electron chi connectivity index (χ2n) is 2.76. The predicted molar refractivity (Wildman–Crippen MR) is 61.8 cm³/mol. The zero-order valence-corrected chi connectivity index (χ0v) is 9.86. The molecule has 0 aliphatic heterocycles. The summed E-state index contributed by atoms with van der Waals surface area (Å²) in [6, 6.07) is 2.14. The number of thiophene rings is 1. The largest absolute Gasteiger partial charge is 0.257 e. The molecule has 1 nitrogen and oxygen atoms in total. The first-order valence-electron chi connectivity index (χ1n) is 3.70. The third kappa shape index (κ3) is 1.15. The topological polar surface area (TPSA) is 12.9 Å². The SMILES string of the molecule is Cc1nc(C)c2ccsc2c1I. The average Bonchev–Trinajstić information content (AvgIpc) is 2.48. The first kappa shape index (κ1) is 8.44. The highest BCUT2D eigenvalue weighted by atomic mass is 127. The fourth-order valence-electron chi connectivity index (χ4n) is 1.29. The van der Waals surface area contributed by atoms with Crippen molar-refractivity contribution >= 4 is 44.0 Å². The molecule has 2 aromatic rings. The molecule has 0 aliphatic rings. The molecule has 0 aliphatic carbocycles. The lowest BCUT2D eigenvalue weighted by Gasteiger charge is -2.01. The number of rotatable bonds is 0. The van der Waals surface area contributed by atoms with Gasteiger partial charge in [-0.25, -0.2) is 0 Å². The maximum absolute atomic E-state index is 4.47. The van der Waals surface area contributed by atoms with Gasteiger partial charge in [-0.05, 0) is 47.9 Å². The monoisotopic (exact) mass is 289 g/mol. The van der Waals surface area contributed by atoms with Crippen LogP contribution in [0.15, 0.2) is 11.4 Å². The summed E-state index contributed by atoms with van der Waals surface area (Å²) < 4.78 is 2.67. The molecule has 0 aromatic carbocycles. The van der Waals surface area contributed by atoms with E-state index in [1.807, 2.05) is 0 Å². The number of aryl methyl sites for hydroxylation is 2. The highest BCUT2D eigenvalue weighted by molar-refractivity contribution is 14.1. The van der Waals surface area contributed by atoms with Crippen molar-refractivity contribution in [2.24, 2.45) is 0 Å². The van der Waals surface area contributed by atoms with Crippen LogP contribution in [0.2, 0.25) is 0 Å². The molecule has 0 spiro atoms. The van der Waals surface area contributed by atoms with E-state index in [4.69, 9.17) is 0 Å². The molecule has 2 rings (SSSR count). The number of aromatic nitrogens is 1. The Morgan fingerprint density at radius 1 is 1.33 bits per heavy atom. The van der Waals surface area contributed by atoms with E-state index in [9.17, 15) is 0 Å². The van der Waals surface area contributed by atoms with Crippen LogP contribution in [0.5, 0.6) is 0 Å². The Morgan fingerprint density at radius 2 is 2.08 bits per heavy atom. The van der Waals surface area contributed by atoms with Crippen LogP contribution >= 0.6 is 33.9 Å². The van der Waals surface area contributed by atoms with Crippen LogP contribution in [0.1, 0.15) is 11.4 Å². The Balaban J connectivity index is 2.97. The van der Waals surface area contributed by atoms with E-state index >= 15 is 0 Å². The van der Waals surface area contributed by atoms with E-state index in [1.165, 1.54) is 13.7 Å². The van der Waals surface area contributed by atoms with Crippen molar-refractivity contribution in [3.8, 4) is 0 Å². The lowest BCUT2D eigenvalue weighted by Crippen LogP contribution is -1.89. The van der Waals surface area contributed by atoms with Gasteiger partial charge in [0.1, 0.15) is 0 Å². The van der Waals surface area contributed by atoms with Gasteiger partial charge in [-0.3, -0.25) is 4.98 Å². The molecule has 0 N–H and O–H groups in total. The van der Waals surface area contributed by atoms with Crippen molar-refractivity contribution in [1.29, 1.82) is 0 Å². The smallest absolute Gasteiger partial charge is 0.0523 e. The molecule has 0 saturated heterocycles.